The third-order valence-electron chi connectivity index (χ3n) is 3.94. The summed E-state index contributed by atoms with van der Waals surface area (Å²) in [6.07, 6.45) is -4.79. The fourth-order valence-corrected chi connectivity index (χ4v) is 2.74. The first-order chi connectivity index (χ1) is 14.2. The van der Waals surface area contributed by atoms with Gasteiger partial charge in [-0.25, -0.2) is 4.79 Å². The third-order valence-corrected chi connectivity index (χ3v) is 4.29. The van der Waals surface area contributed by atoms with Gasteiger partial charge in [0.05, 0.1) is 11.4 Å². The van der Waals surface area contributed by atoms with Gasteiger partial charge in [-0.05, 0) is 41.6 Å². The molecule has 158 valence electrons. The molecule has 3 rings (SSSR count). The molecular weight excluding hydrogens is 427 g/mol. The van der Waals surface area contributed by atoms with Gasteiger partial charge in [-0.15, -0.1) is 13.2 Å². The molecule has 0 bridgehead atoms. The van der Waals surface area contributed by atoms with Crippen molar-refractivity contribution in [1.29, 1.82) is 0 Å². The fraction of sp³-hybridized carbons (Fsp3) is 0.222. The van der Waals surface area contributed by atoms with Crippen LogP contribution in [0.1, 0.15) is 18.1 Å². The van der Waals surface area contributed by atoms with Gasteiger partial charge in [0.2, 0.25) is 0 Å². The van der Waals surface area contributed by atoms with Crippen LogP contribution in [0.4, 0.5) is 13.2 Å². The zero-order valence-corrected chi connectivity index (χ0v) is 16.5. The van der Waals surface area contributed by atoms with Crippen molar-refractivity contribution in [3.05, 3.63) is 69.1 Å². The van der Waals surface area contributed by atoms with Gasteiger partial charge < -0.3 is 9.57 Å². The number of halogens is 4. The molecule has 0 aliphatic carbocycles. The van der Waals surface area contributed by atoms with E-state index in [1.807, 2.05) is 0 Å². The van der Waals surface area contributed by atoms with Crippen molar-refractivity contribution in [3.8, 4) is 11.4 Å². The molecule has 2 aromatic carbocycles. The Morgan fingerprint density at radius 1 is 1.20 bits per heavy atom. The second kappa shape index (κ2) is 8.57. The Morgan fingerprint density at radius 3 is 2.60 bits per heavy atom. The summed E-state index contributed by atoms with van der Waals surface area (Å²) >= 11 is 6.23. The normalized spacial score (nSPS) is 12.1. The van der Waals surface area contributed by atoms with Crippen molar-refractivity contribution < 1.29 is 22.7 Å². The van der Waals surface area contributed by atoms with Crippen LogP contribution in [0.15, 0.2) is 52.4 Å². The minimum atomic E-state index is -4.79. The lowest BCUT2D eigenvalue weighted by Gasteiger charge is -2.11. The summed E-state index contributed by atoms with van der Waals surface area (Å²) in [5.41, 5.74) is 1.02. The van der Waals surface area contributed by atoms with Crippen molar-refractivity contribution in [2.75, 3.05) is 0 Å². The first kappa shape index (κ1) is 21.4. The highest BCUT2D eigenvalue weighted by Crippen LogP contribution is 2.25. The van der Waals surface area contributed by atoms with Gasteiger partial charge in [-0.1, -0.05) is 35.0 Å². The molecule has 0 unspecified atom stereocenters. The van der Waals surface area contributed by atoms with E-state index in [1.54, 1.807) is 31.2 Å². The van der Waals surface area contributed by atoms with E-state index < -0.39 is 12.1 Å². The van der Waals surface area contributed by atoms with E-state index in [-0.39, 0.29) is 12.4 Å². The van der Waals surface area contributed by atoms with E-state index in [2.05, 4.69) is 20.3 Å². The minimum absolute atomic E-state index is 0.117. The zero-order chi connectivity index (χ0) is 21.9. The summed E-state index contributed by atoms with van der Waals surface area (Å²) in [6.45, 7) is 1.45. The summed E-state index contributed by atoms with van der Waals surface area (Å²) in [7, 11) is 1.46. The third kappa shape index (κ3) is 4.98. The van der Waals surface area contributed by atoms with E-state index in [1.165, 1.54) is 25.2 Å². The second-order valence-electron chi connectivity index (χ2n) is 6.06. The van der Waals surface area contributed by atoms with Crippen LogP contribution in [-0.2, 0) is 18.5 Å². The van der Waals surface area contributed by atoms with Crippen LogP contribution < -0.4 is 10.4 Å². The molecular formula is C18H15ClF3N5O3. The molecule has 0 fully saturated rings. The Labute approximate surface area is 173 Å². The number of rotatable bonds is 6. The van der Waals surface area contributed by atoms with Gasteiger partial charge >= 0.3 is 12.1 Å². The number of tetrazole rings is 1. The minimum Gasteiger partial charge on any atom is -0.406 e. The van der Waals surface area contributed by atoms with E-state index in [0.29, 0.717) is 27.5 Å². The molecule has 0 spiro atoms. The maximum absolute atomic E-state index is 12.4. The lowest BCUT2D eigenvalue weighted by atomic mass is 10.1. The quantitative estimate of drug-likeness (QED) is 0.432. The lowest BCUT2D eigenvalue weighted by Crippen LogP contribution is -2.23. The van der Waals surface area contributed by atoms with Gasteiger partial charge in [0.1, 0.15) is 12.4 Å². The Kier molecular flexibility index (Phi) is 6.11. The van der Waals surface area contributed by atoms with Crippen LogP contribution in [0.5, 0.6) is 5.75 Å². The number of alkyl halides is 3. The van der Waals surface area contributed by atoms with E-state index >= 15 is 0 Å². The number of hydrogen-bond acceptors (Lipinski definition) is 6. The molecule has 0 saturated carbocycles. The van der Waals surface area contributed by atoms with Crippen LogP contribution in [0.3, 0.4) is 0 Å². The van der Waals surface area contributed by atoms with E-state index in [4.69, 9.17) is 16.4 Å². The van der Waals surface area contributed by atoms with Gasteiger partial charge in [-0.2, -0.15) is 9.36 Å². The van der Waals surface area contributed by atoms with Gasteiger partial charge in [0, 0.05) is 23.2 Å². The van der Waals surface area contributed by atoms with Crippen LogP contribution >= 0.6 is 11.6 Å². The molecule has 0 aliphatic rings. The highest BCUT2D eigenvalue weighted by Gasteiger charge is 2.31. The van der Waals surface area contributed by atoms with E-state index in [9.17, 15) is 18.0 Å². The van der Waals surface area contributed by atoms with Crippen molar-refractivity contribution >= 4 is 17.3 Å². The molecule has 30 heavy (non-hydrogen) atoms. The fourth-order valence-electron chi connectivity index (χ4n) is 2.52. The standard InChI is InChI=1S/C18H15ClF3N5O3/c1-11(12-5-3-6-13(9-12)30-18(20,21)22)23-29-10-14-15(19)7-4-8-16(14)27-17(28)26(2)24-25-27/h3-9H,10H2,1-2H3/b23-11-. The molecule has 0 amide bonds. The predicted molar refractivity (Wildman–Crippen MR) is 102 cm³/mol. The average molecular weight is 442 g/mol. The molecule has 8 nitrogen and oxygen atoms in total. The maximum atomic E-state index is 12.4. The van der Waals surface area contributed by atoms with Crippen LogP contribution in [0, 0.1) is 0 Å². The molecule has 3 aromatic rings. The maximum Gasteiger partial charge on any atom is 0.573 e. The van der Waals surface area contributed by atoms with Crippen LogP contribution in [0.2, 0.25) is 5.02 Å². The number of nitrogens with zero attached hydrogens (tertiary/aromatic N) is 5. The smallest absolute Gasteiger partial charge is 0.406 e. The Balaban J connectivity index is 1.80. The molecule has 0 aliphatic heterocycles. The number of aryl methyl sites for hydroxylation is 1. The summed E-state index contributed by atoms with van der Waals surface area (Å²) in [6, 6.07) is 10.2. The highest BCUT2D eigenvalue weighted by atomic mass is 35.5. The lowest BCUT2D eigenvalue weighted by molar-refractivity contribution is -0.274. The van der Waals surface area contributed by atoms with E-state index in [0.717, 1.165) is 9.36 Å². The number of benzene rings is 2. The van der Waals surface area contributed by atoms with Gasteiger partial charge in [0.25, 0.3) is 0 Å². The SMILES string of the molecule is C/C(=N/OCc1c(Cl)cccc1-n1nnn(C)c1=O)c1cccc(OC(F)(F)F)c1. The van der Waals surface area contributed by atoms with Gasteiger partial charge in [0.15, 0.2) is 0 Å². The highest BCUT2D eigenvalue weighted by molar-refractivity contribution is 6.31. The average Bonchev–Trinajstić information content (AvgIpc) is 3.00. The number of ether oxygens (including phenoxy) is 1. The van der Waals surface area contributed by atoms with Crippen molar-refractivity contribution in [3.63, 3.8) is 0 Å². The number of hydrogen-bond donors (Lipinski definition) is 0. The second-order valence-corrected chi connectivity index (χ2v) is 6.47. The number of oxime groups is 1. The summed E-state index contributed by atoms with van der Waals surface area (Å²) in [5, 5.41) is 11.7. The van der Waals surface area contributed by atoms with Crippen molar-refractivity contribution in [2.45, 2.75) is 19.9 Å². The molecule has 1 aromatic heterocycles. The Bertz CT molecular complexity index is 1140. The summed E-state index contributed by atoms with van der Waals surface area (Å²) in [5.74, 6) is -0.370. The molecule has 1 heterocycles. The first-order valence-electron chi connectivity index (χ1n) is 8.45. The zero-order valence-electron chi connectivity index (χ0n) is 15.7. The predicted octanol–water partition coefficient (Wildman–Crippen LogP) is 3.46. The first-order valence-corrected chi connectivity index (χ1v) is 8.83. The molecule has 12 heteroatoms. The Morgan fingerprint density at radius 2 is 1.93 bits per heavy atom. The van der Waals surface area contributed by atoms with Crippen molar-refractivity contribution in [1.82, 2.24) is 19.8 Å². The van der Waals surface area contributed by atoms with Crippen LogP contribution in [-0.4, -0.2) is 31.9 Å². The van der Waals surface area contributed by atoms with Crippen molar-refractivity contribution in [2.24, 2.45) is 12.2 Å². The largest absolute Gasteiger partial charge is 0.573 e. The molecule has 0 saturated heterocycles. The Hall–Kier alpha value is -3.34. The molecule has 0 N–H and O–H groups in total. The topological polar surface area (TPSA) is 83.5 Å². The summed E-state index contributed by atoms with van der Waals surface area (Å²) in [4.78, 5) is 17.5. The summed E-state index contributed by atoms with van der Waals surface area (Å²) < 4.78 is 43.2. The molecule has 0 atom stereocenters. The number of aromatic nitrogens is 4. The van der Waals surface area contributed by atoms with Gasteiger partial charge in [-0.3, -0.25) is 0 Å². The van der Waals surface area contributed by atoms with Crippen LogP contribution in [0.25, 0.3) is 5.69 Å². The monoisotopic (exact) mass is 441 g/mol. The molecule has 0 radical (unpaired) electrons.